The fourth-order valence-electron chi connectivity index (χ4n) is 2.84. The number of aliphatic imine (C=N–C) groups is 1. The second-order valence-corrected chi connectivity index (χ2v) is 8.68. The number of nitrogens with zero attached hydrogens (tertiary/aromatic N) is 1. The van der Waals surface area contributed by atoms with E-state index in [4.69, 9.17) is 0 Å². The first-order valence-corrected chi connectivity index (χ1v) is 11.0. The van der Waals surface area contributed by atoms with Crippen LogP contribution < -0.4 is 16.0 Å². The summed E-state index contributed by atoms with van der Waals surface area (Å²) in [5.41, 5.74) is 0.631. The Morgan fingerprint density at radius 3 is 2.74 bits per heavy atom. The van der Waals surface area contributed by atoms with Gasteiger partial charge < -0.3 is 16.0 Å². The van der Waals surface area contributed by atoms with Crippen molar-refractivity contribution >= 4 is 21.7 Å². The molecule has 0 aliphatic carbocycles. The molecule has 1 aliphatic heterocycles. The van der Waals surface area contributed by atoms with Crippen LogP contribution in [0.5, 0.6) is 0 Å². The fraction of sp³-hybridized carbons (Fsp3) is 0.556. The lowest BCUT2D eigenvalue weighted by molar-refractivity contribution is -0.121. The molecule has 0 aromatic heterocycles. The molecule has 1 aromatic rings. The molecule has 150 valence electrons. The maximum atomic E-state index is 13.6. The van der Waals surface area contributed by atoms with Crippen LogP contribution in [-0.4, -0.2) is 57.5 Å². The summed E-state index contributed by atoms with van der Waals surface area (Å²) in [5.74, 6) is 0.273. The van der Waals surface area contributed by atoms with Gasteiger partial charge in [-0.15, -0.1) is 0 Å². The minimum absolute atomic E-state index is 0.0161. The van der Waals surface area contributed by atoms with Gasteiger partial charge in [-0.25, -0.2) is 12.8 Å². The monoisotopic (exact) mass is 398 g/mol. The molecule has 1 heterocycles. The maximum Gasteiger partial charge on any atom is 0.222 e. The van der Waals surface area contributed by atoms with Gasteiger partial charge in [0.2, 0.25) is 5.91 Å². The molecule has 7 nitrogen and oxygen atoms in total. The van der Waals surface area contributed by atoms with E-state index in [9.17, 15) is 17.6 Å². The van der Waals surface area contributed by atoms with Crippen LogP contribution in [0.3, 0.4) is 0 Å². The predicted molar refractivity (Wildman–Crippen MR) is 104 cm³/mol. The Kier molecular flexibility index (Phi) is 8.02. The standard InChI is InChI=1S/C18H27FN4O3S/c1-2-20-18(21-10-7-14-5-3-4-6-16(14)19)22-11-8-17(24)23-15-9-12-27(25,26)13-15/h3-6,15H,2,7-13H2,1H3,(H,23,24)(H2,20,21,22). The number of hydrogen-bond donors (Lipinski definition) is 3. The highest BCUT2D eigenvalue weighted by Gasteiger charge is 2.28. The van der Waals surface area contributed by atoms with Crippen molar-refractivity contribution in [3.05, 3.63) is 35.6 Å². The van der Waals surface area contributed by atoms with Crippen LogP contribution in [-0.2, 0) is 21.1 Å². The van der Waals surface area contributed by atoms with E-state index >= 15 is 0 Å². The van der Waals surface area contributed by atoms with E-state index in [1.54, 1.807) is 18.2 Å². The Labute approximate surface area is 159 Å². The molecule has 27 heavy (non-hydrogen) atoms. The number of rotatable bonds is 8. The minimum Gasteiger partial charge on any atom is -0.357 e. The normalized spacial score (nSPS) is 18.9. The summed E-state index contributed by atoms with van der Waals surface area (Å²) in [7, 11) is -3.01. The number of nitrogens with one attached hydrogen (secondary N) is 3. The summed E-state index contributed by atoms with van der Waals surface area (Å²) >= 11 is 0. The Morgan fingerprint density at radius 2 is 2.07 bits per heavy atom. The van der Waals surface area contributed by atoms with Crippen LogP contribution >= 0.6 is 0 Å². The van der Waals surface area contributed by atoms with Crippen LogP contribution in [0.1, 0.15) is 25.3 Å². The van der Waals surface area contributed by atoms with E-state index in [1.165, 1.54) is 6.07 Å². The Bertz CT molecular complexity index is 768. The van der Waals surface area contributed by atoms with Crippen molar-refractivity contribution in [3.8, 4) is 0 Å². The van der Waals surface area contributed by atoms with Gasteiger partial charge in [-0.1, -0.05) is 18.2 Å². The lowest BCUT2D eigenvalue weighted by Crippen LogP contribution is -2.39. The number of halogens is 1. The highest BCUT2D eigenvalue weighted by Crippen LogP contribution is 2.11. The fourth-order valence-corrected chi connectivity index (χ4v) is 4.51. The van der Waals surface area contributed by atoms with Crippen LogP contribution in [0.25, 0.3) is 0 Å². The SMILES string of the molecule is CCNC(=NCCC(=O)NC1CCS(=O)(=O)C1)NCCc1ccccc1F. The third kappa shape index (κ3) is 7.54. The van der Waals surface area contributed by atoms with Crippen molar-refractivity contribution in [2.75, 3.05) is 31.1 Å². The molecule has 1 unspecified atom stereocenters. The Hall–Kier alpha value is -2.16. The second-order valence-electron chi connectivity index (χ2n) is 6.45. The molecular weight excluding hydrogens is 371 g/mol. The second kappa shape index (κ2) is 10.2. The first-order chi connectivity index (χ1) is 12.9. The van der Waals surface area contributed by atoms with Gasteiger partial charge in [-0.2, -0.15) is 0 Å². The van der Waals surface area contributed by atoms with Gasteiger partial charge in [0, 0.05) is 25.6 Å². The molecule has 0 saturated carbocycles. The van der Waals surface area contributed by atoms with E-state index in [-0.39, 0.29) is 42.2 Å². The average Bonchev–Trinajstić information content (AvgIpc) is 2.95. The van der Waals surface area contributed by atoms with Gasteiger partial charge in [0.1, 0.15) is 5.82 Å². The molecule has 0 bridgehead atoms. The first-order valence-electron chi connectivity index (χ1n) is 9.15. The molecule has 2 rings (SSSR count). The van der Waals surface area contributed by atoms with E-state index in [0.717, 1.165) is 0 Å². The molecule has 9 heteroatoms. The van der Waals surface area contributed by atoms with Gasteiger partial charge in [-0.05, 0) is 31.4 Å². The number of carbonyl (C=O) groups excluding carboxylic acids is 1. The van der Waals surface area contributed by atoms with Crippen molar-refractivity contribution in [1.82, 2.24) is 16.0 Å². The van der Waals surface area contributed by atoms with E-state index in [2.05, 4.69) is 20.9 Å². The first kappa shape index (κ1) is 21.1. The molecule has 0 radical (unpaired) electrons. The molecular formula is C18H27FN4O3S. The topological polar surface area (TPSA) is 99.7 Å². The predicted octanol–water partition coefficient (Wildman–Crippen LogP) is 0.617. The van der Waals surface area contributed by atoms with Gasteiger partial charge >= 0.3 is 0 Å². The number of benzene rings is 1. The zero-order chi connectivity index (χ0) is 19.7. The summed E-state index contributed by atoms with van der Waals surface area (Å²) < 4.78 is 36.4. The van der Waals surface area contributed by atoms with Crippen LogP contribution in [0.15, 0.2) is 29.3 Å². The van der Waals surface area contributed by atoms with Gasteiger partial charge in [0.05, 0.1) is 18.1 Å². The molecule has 1 amide bonds. The molecule has 3 N–H and O–H groups in total. The highest BCUT2D eigenvalue weighted by molar-refractivity contribution is 7.91. The zero-order valence-electron chi connectivity index (χ0n) is 15.5. The lowest BCUT2D eigenvalue weighted by atomic mass is 10.1. The van der Waals surface area contributed by atoms with Gasteiger partial charge in [0.15, 0.2) is 15.8 Å². The lowest BCUT2D eigenvalue weighted by Gasteiger charge is -2.12. The summed E-state index contributed by atoms with van der Waals surface area (Å²) in [6, 6.07) is 6.34. The number of amides is 1. The minimum atomic E-state index is -3.01. The highest BCUT2D eigenvalue weighted by atomic mass is 32.2. The third-order valence-electron chi connectivity index (χ3n) is 4.20. The maximum absolute atomic E-state index is 13.6. The molecule has 1 atom stereocenters. The Morgan fingerprint density at radius 1 is 1.30 bits per heavy atom. The molecule has 1 saturated heterocycles. The van der Waals surface area contributed by atoms with Crippen molar-refractivity contribution in [2.24, 2.45) is 4.99 Å². The average molecular weight is 399 g/mol. The van der Waals surface area contributed by atoms with Crippen LogP contribution in [0.4, 0.5) is 4.39 Å². The van der Waals surface area contributed by atoms with E-state index in [0.29, 0.717) is 37.5 Å². The smallest absolute Gasteiger partial charge is 0.222 e. The summed E-state index contributed by atoms with van der Waals surface area (Å²) in [5, 5.41) is 8.93. The van der Waals surface area contributed by atoms with Gasteiger partial charge in [0.25, 0.3) is 0 Å². The third-order valence-corrected chi connectivity index (χ3v) is 5.96. The zero-order valence-corrected chi connectivity index (χ0v) is 16.3. The van der Waals surface area contributed by atoms with Crippen molar-refractivity contribution < 1.29 is 17.6 Å². The molecule has 1 fully saturated rings. The van der Waals surface area contributed by atoms with Crippen molar-refractivity contribution in [3.63, 3.8) is 0 Å². The molecule has 1 aromatic carbocycles. The number of sulfone groups is 1. The number of hydrogen-bond acceptors (Lipinski definition) is 4. The number of carbonyl (C=O) groups is 1. The van der Waals surface area contributed by atoms with Crippen molar-refractivity contribution in [1.29, 1.82) is 0 Å². The van der Waals surface area contributed by atoms with E-state index < -0.39 is 9.84 Å². The van der Waals surface area contributed by atoms with E-state index in [1.807, 2.05) is 6.92 Å². The van der Waals surface area contributed by atoms with Gasteiger partial charge in [-0.3, -0.25) is 9.79 Å². The largest absolute Gasteiger partial charge is 0.357 e. The summed E-state index contributed by atoms with van der Waals surface area (Å²) in [4.78, 5) is 16.3. The van der Waals surface area contributed by atoms with Crippen LogP contribution in [0, 0.1) is 5.82 Å². The summed E-state index contributed by atoms with van der Waals surface area (Å²) in [6.07, 6.45) is 1.17. The van der Waals surface area contributed by atoms with Crippen molar-refractivity contribution in [2.45, 2.75) is 32.2 Å². The quantitative estimate of drug-likeness (QED) is 0.440. The Balaban J connectivity index is 1.74. The molecule has 1 aliphatic rings. The van der Waals surface area contributed by atoms with Crippen LogP contribution in [0.2, 0.25) is 0 Å². The summed E-state index contributed by atoms with van der Waals surface area (Å²) in [6.45, 7) is 3.39. The molecule has 0 spiro atoms. The number of guanidine groups is 1.